The molecule has 1 fully saturated rings. The first kappa shape index (κ1) is 18.5. The van der Waals surface area contributed by atoms with Gasteiger partial charge in [0.25, 0.3) is 5.91 Å². The number of nitrogens with two attached hydrogens (primary N) is 1. The van der Waals surface area contributed by atoms with Gasteiger partial charge in [0.15, 0.2) is 6.54 Å². The summed E-state index contributed by atoms with van der Waals surface area (Å²) in [5.74, 6) is 0.207. The van der Waals surface area contributed by atoms with Crippen LogP contribution in [-0.2, 0) is 9.59 Å². The number of carbonyl (C=O) groups excluding carboxylic acids is 2. The van der Waals surface area contributed by atoms with Gasteiger partial charge in [-0.05, 0) is 30.7 Å². The number of rotatable bonds is 7. The van der Waals surface area contributed by atoms with E-state index in [2.05, 4.69) is 31.3 Å². The highest BCUT2D eigenvalue weighted by molar-refractivity contribution is 5.78. The highest BCUT2D eigenvalue weighted by atomic mass is 16.2. The zero-order valence-electron chi connectivity index (χ0n) is 14.8. The average Bonchev–Trinajstić information content (AvgIpc) is 2.55. The molecule has 0 aliphatic carbocycles. The van der Waals surface area contributed by atoms with E-state index in [9.17, 15) is 9.59 Å². The third-order valence-corrected chi connectivity index (χ3v) is 4.68. The highest BCUT2D eigenvalue weighted by Gasteiger charge is 2.29. The predicted molar refractivity (Wildman–Crippen MR) is 94.3 cm³/mol. The molecule has 2 rings (SSSR count). The van der Waals surface area contributed by atoms with E-state index in [-0.39, 0.29) is 23.8 Å². The van der Waals surface area contributed by atoms with Crippen molar-refractivity contribution in [1.29, 1.82) is 0 Å². The smallest absolute Gasteiger partial charge is 0.275 e. The summed E-state index contributed by atoms with van der Waals surface area (Å²) in [6, 6.07) is 10.1. The maximum atomic E-state index is 12.5. The van der Waals surface area contributed by atoms with E-state index in [1.54, 1.807) is 0 Å². The molecule has 0 saturated carbocycles. The number of carbonyl (C=O) groups is 2. The van der Waals surface area contributed by atoms with Crippen molar-refractivity contribution < 1.29 is 14.5 Å². The number of nitrogens with one attached hydrogen (secondary N) is 2. The second-order valence-electron chi connectivity index (χ2n) is 7.28. The lowest BCUT2D eigenvalue weighted by atomic mass is 9.96. The van der Waals surface area contributed by atoms with E-state index in [4.69, 9.17) is 5.73 Å². The minimum absolute atomic E-state index is 0.0369. The standard InChI is InChI=1S/C19H29N3O2/c1-14(2)11-17(15-7-4-3-5-8-15)21-18(23)13-22-10-6-9-16(12-22)19(20)24/h3-5,7-8,14,16-17H,6,9-13H2,1-2H3,(H2,20,24)(H,21,23)/p+1/t16-,17+/m0/s1. The number of quaternary nitrogens is 1. The molecule has 1 aliphatic heterocycles. The van der Waals surface area contributed by atoms with Crippen LogP contribution >= 0.6 is 0 Å². The van der Waals surface area contributed by atoms with Crippen LogP contribution in [0.1, 0.15) is 44.7 Å². The van der Waals surface area contributed by atoms with E-state index < -0.39 is 0 Å². The lowest BCUT2D eigenvalue weighted by molar-refractivity contribution is -0.899. The third kappa shape index (κ3) is 5.64. The van der Waals surface area contributed by atoms with Crippen molar-refractivity contribution in [3.05, 3.63) is 35.9 Å². The first-order valence-corrected chi connectivity index (χ1v) is 8.93. The Morgan fingerprint density at radius 2 is 2.00 bits per heavy atom. The van der Waals surface area contributed by atoms with Crippen molar-refractivity contribution in [2.24, 2.45) is 17.6 Å². The third-order valence-electron chi connectivity index (χ3n) is 4.68. The summed E-state index contributed by atoms with van der Waals surface area (Å²) in [5, 5.41) is 3.18. The largest absolute Gasteiger partial charge is 0.369 e. The molecule has 0 spiro atoms. The van der Waals surface area contributed by atoms with Crippen LogP contribution in [0.25, 0.3) is 0 Å². The Bertz CT molecular complexity index is 545. The van der Waals surface area contributed by atoms with Crippen molar-refractivity contribution in [2.75, 3.05) is 19.6 Å². The van der Waals surface area contributed by atoms with Crippen LogP contribution in [-0.4, -0.2) is 31.4 Å². The second kappa shape index (κ2) is 8.83. The molecular weight excluding hydrogens is 302 g/mol. The fraction of sp³-hybridized carbons (Fsp3) is 0.579. The van der Waals surface area contributed by atoms with Crippen LogP contribution in [0, 0.1) is 11.8 Å². The Morgan fingerprint density at radius 3 is 2.62 bits per heavy atom. The van der Waals surface area contributed by atoms with Gasteiger partial charge in [-0.15, -0.1) is 0 Å². The number of hydrogen-bond donors (Lipinski definition) is 3. The second-order valence-corrected chi connectivity index (χ2v) is 7.28. The zero-order valence-corrected chi connectivity index (χ0v) is 14.8. The van der Waals surface area contributed by atoms with Gasteiger partial charge in [0.1, 0.15) is 0 Å². The lowest BCUT2D eigenvalue weighted by Gasteiger charge is -2.28. The fourth-order valence-electron chi connectivity index (χ4n) is 3.46. The summed E-state index contributed by atoms with van der Waals surface area (Å²) in [6.07, 6.45) is 2.71. The van der Waals surface area contributed by atoms with Crippen LogP contribution in [0.4, 0.5) is 0 Å². The number of likely N-dealkylation sites (tertiary alicyclic amines) is 1. The molecule has 1 aromatic carbocycles. The van der Waals surface area contributed by atoms with Crippen molar-refractivity contribution in [2.45, 2.75) is 39.2 Å². The van der Waals surface area contributed by atoms with Crippen LogP contribution in [0.3, 0.4) is 0 Å². The van der Waals surface area contributed by atoms with Gasteiger partial charge in [-0.25, -0.2) is 0 Å². The molecule has 2 amide bonds. The van der Waals surface area contributed by atoms with Crippen molar-refractivity contribution in [3.63, 3.8) is 0 Å². The first-order chi connectivity index (χ1) is 11.5. The predicted octanol–water partition coefficient (Wildman–Crippen LogP) is 0.670. The van der Waals surface area contributed by atoms with E-state index in [1.165, 1.54) is 0 Å². The minimum Gasteiger partial charge on any atom is -0.369 e. The molecule has 132 valence electrons. The van der Waals surface area contributed by atoms with Gasteiger partial charge in [-0.2, -0.15) is 0 Å². The number of amides is 2. The van der Waals surface area contributed by atoms with Gasteiger partial charge in [-0.3, -0.25) is 9.59 Å². The number of benzene rings is 1. The lowest BCUT2D eigenvalue weighted by Crippen LogP contribution is -3.15. The van der Waals surface area contributed by atoms with Gasteiger partial charge < -0.3 is 16.0 Å². The monoisotopic (exact) mass is 332 g/mol. The number of hydrogen-bond acceptors (Lipinski definition) is 2. The molecule has 5 nitrogen and oxygen atoms in total. The molecule has 1 heterocycles. The molecule has 0 bridgehead atoms. The average molecular weight is 332 g/mol. The van der Waals surface area contributed by atoms with Crippen LogP contribution in [0.5, 0.6) is 0 Å². The van der Waals surface area contributed by atoms with Crippen molar-refractivity contribution >= 4 is 11.8 Å². The summed E-state index contributed by atoms with van der Waals surface area (Å²) in [6.45, 7) is 6.33. The summed E-state index contributed by atoms with van der Waals surface area (Å²) in [4.78, 5) is 25.0. The Morgan fingerprint density at radius 1 is 1.29 bits per heavy atom. The normalized spacial score (nSPS) is 22.1. The molecular formula is C19H30N3O2+. The Hall–Kier alpha value is -1.88. The van der Waals surface area contributed by atoms with Gasteiger partial charge in [0.05, 0.1) is 25.0 Å². The van der Waals surface area contributed by atoms with Crippen LogP contribution in [0.2, 0.25) is 0 Å². The summed E-state index contributed by atoms with van der Waals surface area (Å²) in [7, 11) is 0. The Labute approximate surface area is 144 Å². The molecule has 24 heavy (non-hydrogen) atoms. The molecule has 1 aromatic rings. The summed E-state index contributed by atoms with van der Waals surface area (Å²) >= 11 is 0. The highest BCUT2D eigenvalue weighted by Crippen LogP contribution is 2.20. The molecule has 0 aromatic heterocycles. The minimum atomic E-state index is -0.241. The van der Waals surface area contributed by atoms with Gasteiger partial charge in [-0.1, -0.05) is 44.2 Å². The zero-order chi connectivity index (χ0) is 17.5. The van der Waals surface area contributed by atoms with E-state index >= 15 is 0 Å². The van der Waals surface area contributed by atoms with Gasteiger partial charge in [0.2, 0.25) is 5.91 Å². The molecule has 1 unspecified atom stereocenters. The van der Waals surface area contributed by atoms with Gasteiger partial charge >= 0.3 is 0 Å². The quantitative estimate of drug-likeness (QED) is 0.686. The molecule has 1 aliphatic rings. The maximum Gasteiger partial charge on any atom is 0.275 e. The SMILES string of the molecule is CC(C)C[C@@H](NC(=O)C[NH+]1CCC[C@H](C(N)=O)C1)c1ccccc1. The molecule has 1 saturated heterocycles. The number of primary amides is 1. The first-order valence-electron chi connectivity index (χ1n) is 8.93. The maximum absolute atomic E-state index is 12.5. The van der Waals surface area contributed by atoms with Crippen LogP contribution < -0.4 is 16.0 Å². The van der Waals surface area contributed by atoms with Gasteiger partial charge in [0, 0.05) is 0 Å². The Kier molecular flexibility index (Phi) is 6.79. The van der Waals surface area contributed by atoms with E-state index in [0.717, 1.165) is 36.3 Å². The van der Waals surface area contributed by atoms with E-state index in [0.29, 0.717) is 19.0 Å². The van der Waals surface area contributed by atoms with Crippen LogP contribution in [0.15, 0.2) is 30.3 Å². The fourth-order valence-corrected chi connectivity index (χ4v) is 3.46. The summed E-state index contributed by atoms with van der Waals surface area (Å²) in [5.41, 5.74) is 6.56. The summed E-state index contributed by atoms with van der Waals surface area (Å²) < 4.78 is 0. The Balaban J connectivity index is 1.94. The topological polar surface area (TPSA) is 76.6 Å². The molecule has 3 atom stereocenters. The van der Waals surface area contributed by atoms with Crippen molar-refractivity contribution in [3.8, 4) is 0 Å². The molecule has 5 heteroatoms. The number of piperidine rings is 1. The molecule has 0 radical (unpaired) electrons. The molecule has 4 N–H and O–H groups in total. The van der Waals surface area contributed by atoms with Crippen molar-refractivity contribution in [1.82, 2.24) is 5.32 Å². The van der Waals surface area contributed by atoms with E-state index in [1.807, 2.05) is 18.2 Å².